The Bertz CT molecular complexity index is 817. The van der Waals surface area contributed by atoms with Crippen LogP contribution in [0.25, 0.3) is 0 Å². The molecule has 0 atom stereocenters. The van der Waals surface area contributed by atoms with E-state index in [1.807, 2.05) is 19.1 Å². The maximum atomic E-state index is 11.8. The van der Waals surface area contributed by atoms with Crippen LogP contribution >= 0.6 is 0 Å². The number of amides is 2. The summed E-state index contributed by atoms with van der Waals surface area (Å²) in [4.78, 5) is 23.6. The molecule has 0 aliphatic carbocycles. The number of hydrogen-bond acceptors (Lipinski definition) is 5. The molecule has 0 saturated heterocycles. The maximum absolute atomic E-state index is 11.8. The molecule has 1 aliphatic rings. The molecule has 7 heteroatoms. The molecule has 3 rings (SSSR count). The largest absolute Gasteiger partial charge is 0.454 e. The number of rotatable bonds is 3. The van der Waals surface area contributed by atoms with E-state index < -0.39 is 11.8 Å². The Balaban J connectivity index is 1.57. The molecule has 1 aliphatic heterocycles. The van der Waals surface area contributed by atoms with Crippen LogP contribution in [0.15, 0.2) is 47.6 Å². The van der Waals surface area contributed by atoms with E-state index in [0.29, 0.717) is 22.7 Å². The Morgan fingerprint density at radius 2 is 1.88 bits per heavy atom. The van der Waals surface area contributed by atoms with Crippen LogP contribution in [0.3, 0.4) is 0 Å². The highest BCUT2D eigenvalue weighted by atomic mass is 16.7. The van der Waals surface area contributed by atoms with Gasteiger partial charge in [-0.3, -0.25) is 9.59 Å². The van der Waals surface area contributed by atoms with E-state index in [2.05, 4.69) is 15.8 Å². The number of anilines is 1. The minimum absolute atomic E-state index is 0.186. The number of nitrogens with one attached hydrogen (secondary N) is 2. The molecule has 2 aromatic rings. The molecule has 2 aromatic carbocycles. The predicted octanol–water partition coefficient (Wildman–Crippen LogP) is 1.81. The number of nitrogens with zero attached hydrogens (tertiary/aromatic N) is 1. The average molecular weight is 325 g/mol. The van der Waals surface area contributed by atoms with Gasteiger partial charge in [0, 0.05) is 5.69 Å². The fourth-order valence-corrected chi connectivity index (χ4v) is 2.10. The van der Waals surface area contributed by atoms with Gasteiger partial charge in [-0.05, 0) is 42.3 Å². The number of fused-ring (bicyclic) bond motifs is 1. The number of hydrogen-bond donors (Lipinski definition) is 2. The van der Waals surface area contributed by atoms with E-state index in [-0.39, 0.29) is 6.79 Å². The first kappa shape index (κ1) is 15.5. The molecule has 0 spiro atoms. The normalized spacial score (nSPS) is 12.2. The van der Waals surface area contributed by atoms with Crippen LogP contribution in [0, 0.1) is 6.92 Å². The first-order valence-electron chi connectivity index (χ1n) is 7.23. The van der Waals surface area contributed by atoms with Crippen molar-refractivity contribution >= 4 is 23.7 Å². The van der Waals surface area contributed by atoms with Crippen LogP contribution in [-0.2, 0) is 9.59 Å². The number of ether oxygens (including phenoxy) is 2. The Kier molecular flexibility index (Phi) is 4.42. The maximum Gasteiger partial charge on any atom is 0.329 e. The third-order valence-electron chi connectivity index (χ3n) is 3.38. The van der Waals surface area contributed by atoms with E-state index in [9.17, 15) is 9.59 Å². The van der Waals surface area contributed by atoms with Gasteiger partial charge in [0.05, 0.1) is 6.21 Å². The van der Waals surface area contributed by atoms with Gasteiger partial charge in [-0.25, -0.2) is 5.43 Å². The first-order chi connectivity index (χ1) is 11.6. The third kappa shape index (κ3) is 3.52. The monoisotopic (exact) mass is 325 g/mol. The highest BCUT2D eigenvalue weighted by Crippen LogP contribution is 2.31. The van der Waals surface area contributed by atoms with Gasteiger partial charge in [0.1, 0.15) is 0 Å². The molecule has 0 aromatic heterocycles. The summed E-state index contributed by atoms with van der Waals surface area (Å²) in [6.45, 7) is 2.02. The summed E-state index contributed by atoms with van der Waals surface area (Å²) in [7, 11) is 0. The van der Waals surface area contributed by atoms with Gasteiger partial charge in [-0.2, -0.15) is 5.10 Å². The van der Waals surface area contributed by atoms with Crippen molar-refractivity contribution in [2.75, 3.05) is 12.1 Å². The summed E-state index contributed by atoms with van der Waals surface area (Å²) in [6, 6.07) is 12.4. The van der Waals surface area contributed by atoms with Crippen molar-refractivity contribution in [1.29, 1.82) is 0 Å². The number of para-hydroxylation sites is 1. The molecule has 0 bridgehead atoms. The molecule has 7 nitrogen and oxygen atoms in total. The molecule has 1 heterocycles. The molecule has 24 heavy (non-hydrogen) atoms. The lowest BCUT2D eigenvalue weighted by Crippen LogP contribution is -2.32. The van der Waals surface area contributed by atoms with Gasteiger partial charge in [-0.15, -0.1) is 0 Å². The van der Waals surface area contributed by atoms with E-state index in [1.54, 1.807) is 30.3 Å². The number of hydrazone groups is 1. The first-order valence-corrected chi connectivity index (χ1v) is 7.23. The van der Waals surface area contributed by atoms with Gasteiger partial charge >= 0.3 is 11.8 Å². The van der Waals surface area contributed by atoms with Crippen LogP contribution in [0.1, 0.15) is 11.1 Å². The summed E-state index contributed by atoms with van der Waals surface area (Å²) in [5.74, 6) is -0.362. The van der Waals surface area contributed by atoms with Crippen molar-refractivity contribution in [2.45, 2.75) is 6.92 Å². The van der Waals surface area contributed by atoms with E-state index in [1.165, 1.54) is 6.21 Å². The van der Waals surface area contributed by atoms with E-state index in [4.69, 9.17) is 9.47 Å². The summed E-state index contributed by atoms with van der Waals surface area (Å²) >= 11 is 0. The molecular formula is C17H15N3O4. The molecule has 0 radical (unpaired) electrons. The zero-order valence-corrected chi connectivity index (χ0v) is 12.9. The van der Waals surface area contributed by atoms with Crippen LogP contribution in [0.2, 0.25) is 0 Å². The molecular weight excluding hydrogens is 310 g/mol. The van der Waals surface area contributed by atoms with Gasteiger partial charge in [-0.1, -0.05) is 18.2 Å². The standard InChI is InChI=1S/C17H15N3O4/c1-11-4-2-3-5-13(11)19-16(21)17(22)20-18-9-12-6-7-14-15(8-12)24-10-23-14/h2-9H,10H2,1H3,(H,19,21)(H,20,22). The van der Waals surface area contributed by atoms with Crippen LogP contribution in [0.4, 0.5) is 5.69 Å². The zero-order valence-electron chi connectivity index (χ0n) is 12.9. The number of carbonyl (C=O) groups excluding carboxylic acids is 2. The second-order valence-corrected chi connectivity index (χ2v) is 5.08. The fraction of sp³-hybridized carbons (Fsp3) is 0.118. The Morgan fingerprint density at radius 3 is 2.71 bits per heavy atom. The van der Waals surface area contributed by atoms with Crippen LogP contribution in [0.5, 0.6) is 11.5 Å². The van der Waals surface area contributed by atoms with E-state index >= 15 is 0 Å². The highest BCUT2D eigenvalue weighted by molar-refractivity contribution is 6.39. The predicted molar refractivity (Wildman–Crippen MR) is 88.1 cm³/mol. The van der Waals surface area contributed by atoms with Crippen LogP contribution in [-0.4, -0.2) is 24.8 Å². The van der Waals surface area contributed by atoms with Crippen molar-refractivity contribution in [3.8, 4) is 11.5 Å². The Labute approximate surface area is 138 Å². The summed E-state index contributed by atoms with van der Waals surface area (Å²) in [6.07, 6.45) is 1.42. The second kappa shape index (κ2) is 6.82. The SMILES string of the molecule is Cc1ccccc1NC(=O)C(=O)NN=Cc1ccc2c(c1)OCO2. The fourth-order valence-electron chi connectivity index (χ4n) is 2.10. The molecule has 2 N–H and O–H groups in total. The lowest BCUT2D eigenvalue weighted by molar-refractivity contribution is -0.136. The molecule has 122 valence electrons. The van der Waals surface area contributed by atoms with Crippen molar-refractivity contribution in [3.63, 3.8) is 0 Å². The van der Waals surface area contributed by atoms with Crippen molar-refractivity contribution in [2.24, 2.45) is 5.10 Å². The van der Waals surface area contributed by atoms with Gasteiger partial charge in [0.25, 0.3) is 0 Å². The van der Waals surface area contributed by atoms with Gasteiger partial charge < -0.3 is 14.8 Å². The minimum Gasteiger partial charge on any atom is -0.454 e. The average Bonchev–Trinajstić information content (AvgIpc) is 3.04. The van der Waals surface area contributed by atoms with E-state index in [0.717, 1.165) is 5.56 Å². The molecule has 0 unspecified atom stereocenters. The summed E-state index contributed by atoms with van der Waals surface area (Å²) in [5, 5.41) is 6.30. The number of benzene rings is 2. The molecule has 0 fully saturated rings. The Morgan fingerprint density at radius 1 is 1.08 bits per heavy atom. The summed E-state index contributed by atoms with van der Waals surface area (Å²) < 4.78 is 10.5. The van der Waals surface area contributed by atoms with Crippen molar-refractivity contribution < 1.29 is 19.1 Å². The highest BCUT2D eigenvalue weighted by Gasteiger charge is 2.14. The minimum atomic E-state index is -0.852. The number of aryl methyl sites for hydroxylation is 1. The van der Waals surface area contributed by atoms with Crippen LogP contribution < -0.4 is 20.2 Å². The topological polar surface area (TPSA) is 89.0 Å². The Hall–Kier alpha value is -3.35. The second-order valence-electron chi connectivity index (χ2n) is 5.08. The van der Waals surface area contributed by atoms with Gasteiger partial charge in [0.2, 0.25) is 6.79 Å². The molecule has 0 saturated carbocycles. The zero-order chi connectivity index (χ0) is 16.9. The van der Waals surface area contributed by atoms with Crippen molar-refractivity contribution in [3.05, 3.63) is 53.6 Å². The lowest BCUT2D eigenvalue weighted by Gasteiger charge is -2.06. The van der Waals surface area contributed by atoms with Gasteiger partial charge in [0.15, 0.2) is 11.5 Å². The summed E-state index contributed by atoms with van der Waals surface area (Å²) in [5.41, 5.74) is 4.34. The smallest absolute Gasteiger partial charge is 0.329 e. The number of carbonyl (C=O) groups is 2. The third-order valence-corrected chi connectivity index (χ3v) is 3.38. The van der Waals surface area contributed by atoms with Crippen molar-refractivity contribution in [1.82, 2.24) is 5.43 Å². The quantitative estimate of drug-likeness (QED) is 0.512. The lowest BCUT2D eigenvalue weighted by atomic mass is 10.2. The molecule has 2 amide bonds.